The largest absolute Gasteiger partial charge is 0.341 e. The summed E-state index contributed by atoms with van der Waals surface area (Å²) in [5.41, 5.74) is 11.6. The monoisotopic (exact) mass is 701 g/mol. The minimum absolute atomic E-state index is 1.09. The molecule has 0 saturated carbocycles. The Labute approximate surface area is 317 Å². The third kappa shape index (κ3) is 10.5. The number of benzene rings is 4. The van der Waals surface area contributed by atoms with E-state index in [1.807, 2.05) is 0 Å². The van der Waals surface area contributed by atoms with Gasteiger partial charge in [-0.05, 0) is 97.9 Å². The van der Waals surface area contributed by atoms with E-state index in [9.17, 15) is 0 Å². The molecule has 2 heterocycles. The molecule has 278 valence electrons. The lowest BCUT2D eigenvalue weighted by Crippen LogP contribution is -2.42. The maximum Gasteiger partial charge on any atom is 0.0799 e. The number of para-hydroxylation sites is 4. The number of hydrogen-bond donors (Lipinski definition) is 0. The molecule has 0 N–H and O–H groups in total. The second-order valence-corrected chi connectivity index (χ2v) is 17.1. The summed E-state index contributed by atoms with van der Waals surface area (Å²) < 4.78 is 2.26. The van der Waals surface area contributed by atoms with Crippen molar-refractivity contribution in [2.24, 2.45) is 0 Å². The van der Waals surface area contributed by atoms with Crippen molar-refractivity contribution in [3.8, 4) is 0 Å². The number of anilines is 4. The van der Waals surface area contributed by atoms with Crippen molar-refractivity contribution < 1.29 is 8.97 Å². The number of nitrogens with zero attached hydrogens (tertiary/aromatic N) is 4. The first-order valence-electron chi connectivity index (χ1n) is 20.8. The summed E-state index contributed by atoms with van der Waals surface area (Å²) in [6, 6.07) is 36.2. The molecule has 4 heteroatoms. The molecule has 0 spiro atoms. The van der Waals surface area contributed by atoms with Gasteiger partial charge in [0.05, 0.1) is 54.4 Å². The Morgan fingerprint density at radius 2 is 0.596 bits per heavy atom. The molecule has 0 bridgehead atoms. The number of rotatable bonds is 19. The molecule has 0 atom stereocenters. The second-order valence-electron chi connectivity index (χ2n) is 17.1. The minimum Gasteiger partial charge on any atom is -0.341 e. The normalized spacial score (nSPS) is 14.2. The van der Waals surface area contributed by atoms with Crippen LogP contribution in [0.15, 0.2) is 97.1 Å². The van der Waals surface area contributed by atoms with E-state index in [0.29, 0.717) is 0 Å². The number of unbranched alkanes of at least 4 members (excludes halogenated alkanes) is 7. The molecule has 52 heavy (non-hydrogen) atoms. The Bertz CT molecular complexity index is 1470. The van der Waals surface area contributed by atoms with E-state index in [1.165, 1.54) is 135 Å². The van der Waals surface area contributed by atoms with Gasteiger partial charge in [-0.1, -0.05) is 98.5 Å². The molecule has 0 aliphatic carbocycles. The Balaban J connectivity index is 0.825. The summed E-state index contributed by atoms with van der Waals surface area (Å²) in [7, 11) is 9.77. The predicted octanol–water partition coefficient (Wildman–Crippen LogP) is 10.9. The Morgan fingerprint density at radius 1 is 0.346 bits per heavy atom. The maximum absolute atomic E-state index is 2.60. The lowest BCUT2D eigenvalue weighted by atomic mass is 10.0. The van der Waals surface area contributed by atoms with Crippen LogP contribution in [0, 0.1) is 0 Å². The molecule has 0 unspecified atom stereocenters. The van der Waals surface area contributed by atoms with E-state index in [-0.39, 0.29) is 0 Å². The quantitative estimate of drug-likeness (QED) is 0.0710. The van der Waals surface area contributed by atoms with Crippen LogP contribution in [0.4, 0.5) is 22.7 Å². The number of aryl methyl sites for hydroxylation is 4. The van der Waals surface area contributed by atoms with Gasteiger partial charge in [-0.2, -0.15) is 0 Å². The van der Waals surface area contributed by atoms with Crippen LogP contribution in [0.5, 0.6) is 0 Å². The van der Waals surface area contributed by atoms with Gasteiger partial charge in [0, 0.05) is 48.7 Å². The highest BCUT2D eigenvalue weighted by Gasteiger charge is 2.23. The summed E-state index contributed by atoms with van der Waals surface area (Å²) in [5, 5.41) is 0. The molecule has 0 amide bonds. The van der Waals surface area contributed by atoms with Gasteiger partial charge >= 0.3 is 0 Å². The van der Waals surface area contributed by atoms with E-state index in [2.05, 4.69) is 135 Å². The Morgan fingerprint density at radius 3 is 0.904 bits per heavy atom. The molecule has 4 nitrogen and oxygen atoms in total. The van der Waals surface area contributed by atoms with E-state index >= 15 is 0 Å². The molecule has 6 rings (SSSR count). The van der Waals surface area contributed by atoms with E-state index in [0.717, 1.165) is 47.7 Å². The zero-order valence-electron chi connectivity index (χ0n) is 33.2. The van der Waals surface area contributed by atoms with Crippen molar-refractivity contribution in [3.05, 3.63) is 119 Å². The molecule has 0 saturated heterocycles. The highest BCUT2D eigenvalue weighted by atomic mass is 15.3. The minimum atomic E-state index is 1.09. The fourth-order valence-electron chi connectivity index (χ4n) is 8.90. The van der Waals surface area contributed by atoms with Crippen LogP contribution in [0.25, 0.3) is 0 Å². The van der Waals surface area contributed by atoms with Crippen LogP contribution in [0.2, 0.25) is 0 Å². The van der Waals surface area contributed by atoms with E-state index in [1.54, 1.807) is 0 Å². The molecule has 2 aliphatic rings. The number of quaternary nitrogens is 2. The van der Waals surface area contributed by atoms with Gasteiger partial charge in [0.1, 0.15) is 0 Å². The highest BCUT2D eigenvalue weighted by Crippen LogP contribution is 2.37. The summed E-state index contributed by atoms with van der Waals surface area (Å²) in [5.74, 6) is 0. The SMILES string of the molecule is C[N+](C)(CCCCCCCCCC[N+](C)(C)CCCN1c2ccccc2CCc2ccccc21)CCCN1c2ccccc2CCc2ccccc21. The molecular weight excluding hydrogens is 633 g/mol. The molecule has 0 fully saturated rings. The molecule has 4 aromatic carbocycles. The Kier molecular flexibility index (Phi) is 13.5. The zero-order chi connectivity index (χ0) is 36.2. The van der Waals surface area contributed by atoms with Crippen LogP contribution < -0.4 is 9.80 Å². The van der Waals surface area contributed by atoms with Crippen molar-refractivity contribution in [1.29, 1.82) is 0 Å². The smallest absolute Gasteiger partial charge is 0.0799 e. The standard InChI is InChI=1S/C48H68N4/c1-51(2,39-21-35-49-45-27-15-11-23-41(45)31-32-42-24-12-16-28-46(42)49)37-19-9-7-5-6-8-10-20-38-52(3,4)40-22-36-50-47-29-17-13-25-43(47)33-34-44-26-14-18-30-48(44)50/h11-18,23-30H,5-10,19-22,31-40H2,1-4H3/q+2. The fourth-order valence-corrected chi connectivity index (χ4v) is 8.90. The van der Waals surface area contributed by atoms with Gasteiger partial charge in [-0.15, -0.1) is 0 Å². The average molecular weight is 701 g/mol. The van der Waals surface area contributed by atoms with Crippen molar-refractivity contribution in [1.82, 2.24) is 0 Å². The van der Waals surface area contributed by atoms with Crippen molar-refractivity contribution in [2.75, 3.05) is 77.3 Å². The number of fused-ring (bicyclic) bond motifs is 4. The van der Waals surface area contributed by atoms with E-state index in [4.69, 9.17) is 0 Å². The number of hydrogen-bond acceptors (Lipinski definition) is 2. The molecule has 0 radical (unpaired) electrons. The third-order valence-corrected chi connectivity index (χ3v) is 12.0. The summed E-state index contributed by atoms with van der Waals surface area (Å²) in [4.78, 5) is 5.21. The topological polar surface area (TPSA) is 6.48 Å². The molecule has 0 aromatic heterocycles. The first-order chi connectivity index (χ1) is 25.3. The molecule has 4 aromatic rings. The van der Waals surface area contributed by atoms with Gasteiger partial charge in [-0.25, -0.2) is 0 Å². The van der Waals surface area contributed by atoms with Crippen molar-refractivity contribution in [2.45, 2.75) is 89.9 Å². The fraction of sp³-hybridized carbons (Fsp3) is 0.500. The van der Waals surface area contributed by atoms with Crippen LogP contribution in [-0.2, 0) is 25.7 Å². The van der Waals surface area contributed by atoms with Crippen LogP contribution in [0.3, 0.4) is 0 Å². The van der Waals surface area contributed by atoms with Gasteiger partial charge in [-0.3, -0.25) is 0 Å². The van der Waals surface area contributed by atoms with Gasteiger partial charge in [0.2, 0.25) is 0 Å². The maximum atomic E-state index is 2.60. The van der Waals surface area contributed by atoms with Crippen LogP contribution in [0.1, 0.15) is 86.5 Å². The van der Waals surface area contributed by atoms with Crippen molar-refractivity contribution in [3.63, 3.8) is 0 Å². The summed E-state index contributed by atoms with van der Waals surface area (Å²) in [6.07, 6.45) is 18.0. The third-order valence-electron chi connectivity index (χ3n) is 12.0. The van der Waals surface area contributed by atoms with Gasteiger partial charge in [0.15, 0.2) is 0 Å². The lowest BCUT2D eigenvalue weighted by Gasteiger charge is -2.32. The van der Waals surface area contributed by atoms with Gasteiger partial charge in [0.25, 0.3) is 0 Å². The average Bonchev–Trinajstić information content (AvgIpc) is 3.41. The molecular formula is C48H68N4+2. The zero-order valence-corrected chi connectivity index (χ0v) is 33.2. The first kappa shape index (κ1) is 38.1. The first-order valence-corrected chi connectivity index (χ1v) is 20.8. The van der Waals surface area contributed by atoms with Crippen LogP contribution in [-0.4, -0.2) is 76.4 Å². The van der Waals surface area contributed by atoms with Gasteiger partial charge < -0.3 is 18.8 Å². The summed E-state index contributed by atoms with van der Waals surface area (Å²) >= 11 is 0. The summed E-state index contributed by atoms with van der Waals surface area (Å²) in [6.45, 7) is 7.22. The predicted molar refractivity (Wildman–Crippen MR) is 224 cm³/mol. The van der Waals surface area contributed by atoms with Crippen LogP contribution >= 0.6 is 0 Å². The molecule has 2 aliphatic heterocycles. The lowest BCUT2D eigenvalue weighted by molar-refractivity contribution is -0.890. The van der Waals surface area contributed by atoms with Crippen molar-refractivity contribution >= 4 is 22.7 Å². The van der Waals surface area contributed by atoms with E-state index < -0.39 is 0 Å². The highest BCUT2D eigenvalue weighted by molar-refractivity contribution is 5.72. The Hall–Kier alpha value is -3.60. The second kappa shape index (κ2) is 18.4.